The van der Waals surface area contributed by atoms with Gasteiger partial charge in [0.05, 0.1) is 6.61 Å². The first-order valence-electron chi connectivity index (χ1n) is 5.29. The Morgan fingerprint density at radius 2 is 1.83 bits per heavy atom. The van der Waals surface area contributed by atoms with Gasteiger partial charge < -0.3 is 15.2 Å². The maximum Gasteiger partial charge on any atom is 0.516 e. The van der Waals surface area contributed by atoms with E-state index in [0.717, 1.165) is 0 Å². The third kappa shape index (κ3) is 3.67. The number of hydrogen-bond acceptors (Lipinski definition) is 6. The van der Waals surface area contributed by atoms with Gasteiger partial charge in [-0.3, -0.25) is 4.79 Å². The predicted octanol–water partition coefficient (Wildman–Crippen LogP) is 0.896. The van der Waals surface area contributed by atoms with Crippen molar-refractivity contribution in [3.8, 4) is 0 Å². The van der Waals surface area contributed by atoms with Crippen molar-refractivity contribution in [2.45, 2.75) is 13.0 Å². The lowest BCUT2D eigenvalue weighted by Crippen LogP contribution is -2.41. The van der Waals surface area contributed by atoms with Crippen LogP contribution in [-0.4, -0.2) is 30.6 Å². The zero-order chi connectivity index (χ0) is 13.5. The standard InChI is InChI=1S/C12H13NO5/c1-2-17-12(16)18-11(15)9(13)10(14)8-6-4-3-5-7-8/h3-7,9H,2,13H2,1H3. The largest absolute Gasteiger partial charge is 0.516 e. The van der Waals surface area contributed by atoms with Crippen LogP contribution in [0.1, 0.15) is 17.3 Å². The van der Waals surface area contributed by atoms with E-state index in [2.05, 4.69) is 9.47 Å². The van der Waals surface area contributed by atoms with Gasteiger partial charge in [-0.15, -0.1) is 0 Å². The summed E-state index contributed by atoms with van der Waals surface area (Å²) in [4.78, 5) is 34.0. The normalized spacial score (nSPS) is 11.4. The highest BCUT2D eigenvalue weighted by Crippen LogP contribution is 2.04. The summed E-state index contributed by atoms with van der Waals surface area (Å²) >= 11 is 0. The number of esters is 1. The maximum absolute atomic E-state index is 11.7. The molecule has 0 aliphatic heterocycles. The molecular weight excluding hydrogens is 238 g/mol. The summed E-state index contributed by atoms with van der Waals surface area (Å²) in [7, 11) is 0. The summed E-state index contributed by atoms with van der Waals surface area (Å²) < 4.78 is 8.65. The molecule has 6 heteroatoms. The Hall–Kier alpha value is -2.21. The molecule has 0 saturated heterocycles. The Labute approximate surface area is 104 Å². The zero-order valence-electron chi connectivity index (χ0n) is 9.79. The van der Waals surface area contributed by atoms with Gasteiger partial charge in [0, 0.05) is 5.56 Å². The van der Waals surface area contributed by atoms with Gasteiger partial charge in [0.15, 0.2) is 11.8 Å². The van der Waals surface area contributed by atoms with Gasteiger partial charge in [-0.05, 0) is 6.92 Å². The van der Waals surface area contributed by atoms with E-state index in [-0.39, 0.29) is 12.2 Å². The Morgan fingerprint density at radius 1 is 1.22 bits per heavy atom. The number of benzene rings is 1. The first-order valence-corrected chi connectivity index (χ1v) is 5.29. The molecule has 96 valence electrons. The quantitative estimate of drug-likeness (QED) is 0.485. The van der Waals surface area contributed by atoms with Gasteiger partial charge in [0.2, 0.25) is 0 Å². The van der Waals surface area contributed by atoms with E-state index in [1.165, 1.54) is 12.1 Å². The molecular formula is C12H13NO5. The second-order valence-corrected chi connectivity index (χ2v) is 3.31. The van der Waals surface area contributed by atoms with Crippen molar-refractivity contribution in [1.29, 1.82) is 0 Å². The van der Waals surface area contributed by atoms with Gasteiger partial charge in [0.1, 0.15) is 0 Å². The van der Waals surface area contributed by atoms with Crippen LogP contribution >= 0.6 is 0 Å². The second-order valence-electron chi connectivity index (χ2n) is 3.31. The van der Waals surface area contributed by atoms with Crippen molar-refractivity contribution in [3.63, 3.8) is 0 Å². The lowest BCUT2D eigenvalue weighted by molar-refractivity contribution is -0.140. The fourth-order valence-electron chi connectivity index (χ4n) is 1.18. The minimum Gasteiger partial charge on any atom is -0.434 e. The number of Topliss-reactive ketones (excluding diaryl/α,β-unsaturated/α-hetero) is 1. The van der Waals surface area contributed by atoms with E-state index in [1.54, 1.807) is 25.1 Å². The zero-order valence-corrected chi connectivity index (χ0v) is 9.79. The summed E-state index contributed by atoms with van der Waals surface area (Å²) in [6.07, 6.45) is -1.17. The Bertz CT molecular complexity index is 443. The monoisotopic (exact) mass is 251 g/mol. The molecule has 2 N–H and O–H groups in total. The van der Waals surface area contributed by atoms with E-state index in [1.807, 2.05) is 0 Å². The SMILES string of the molecule is CCOC(=O)OC(=O)C(N)C(=O)c1ccccc1. The highest BCUT2D eigenvalue weighted by atomic mass is 16.7. The number of ketones is 1. The molecule has 0 saturated carbocycles. The summed E-state index contributed by atoms with van der Waals surface area (Å²) in [6, 6.07) is 6.48. The van der Waals surface area contributed by atoms with Crippen molar-refractivity contribution in [3.05, 3.63) is 35.9 Å². The molecule has 0 bridgehead atoms. The summed E-state index contributed by atoms with van der Waals surface area (Å²) in [5.74, 6) is -1.76. The molecule has 1 atom stereocenters. The molecule has 0 heterocycles. The number of ether oxygens (including phenoxy) is 2. The minimum absolute atomic E-state index is 0.0635. The first-order chi connectivity index (χ1) is 8.56. The summed E-state index contributed by atoms with van der Waals surface area (Å²) in [6.45, 7) is 1.62. The van der Waals surface area contributed by atoms with Gasteiger partial charge in [-0.25, -0.2) is 9.59 Å². The molecule has 0 aliphatic rings. The fraction of sp³-hybridized carbons (Fsp3) is 0.250. The molecule has 1 rings (SSSR count). The molecule has 18 heavy (non-hydrogen) atoms. The maximum atomic E-state index is 11.7. The van der Waals surface area contributed by atoms with Crippen molar-refractivity contribution in [2.24, 2.45) is 5.73 Å². The Balaban J connectivity index is 2.64. The number of hydrogen-bond donors (Lipinski definition) is 1. The van der Waals surface area contributed by atoms with Crippen LogP contribution in [0.4, 0.5) is 4.79 Å². The van der Waals surface area contributed by atoms with Crippen LogP contribution in [-0.2, 0) is 14.3 Å². The summed E-state index contributed by atoms with van der Waals surface area (Å²) in [5.41, 5.74) is 5.67. The van der Waals surface area contributed by atoms with Crippen LogP contribution in [0.3, 0.4) is 0 Å². The lowest BCUT2D eigenvalue weighted by atomic mass is 10.1. The van der Waals surface area contributed by atoms with Crippen LogP contribution < -0.4 is 5.73 Å². The molecule has 0 aliphatic carbocycles. The number of carbonyl (C=O) groups is 3. The van der Waals surface area contributed by atoms with E-state index >= 15 is 0 Å². The second kappa shape index (κ2) is 6.51. The summed E-state index contributed by atoms with van der Waals surface area (Å²) in [5, 5.41) is 0. The van der Waals surface area contributed by atoms with Gasteiger partial charge in [0.25, 0.3) is 0 Å². The van der Waals surface area contributed by atoms with Gasteiger partial charge in [-0.2, -0.15) is 0 Å². The van der Waals surface area contributed by atoms with Crippen molar-refractivity contribution >= 4 is 17.9 Å². The Morgan fingerprint density at radius 3 is 2.39 bits per heavy atom. The van der Waals surface area contributed by atoms with Crippen molar-refractivity contribution < 1.29 is 23.9 Å². The third-order valence-corrected chi connectivity index (χ3v) is 2.04. The number of nitrogens with two attached hydrogens (primary N) is 1. The highest BCUT2D eigenvalue weighted by molar-refractivity contribution is 6.13. The molecule has 1 aromatic rings. The lowest BCUT2D eigenvalue weighted by Gasteiger charge is -2.09. The molecule has 1 aromatic carbocycles. The fourth-order valence-corrected chi connectivity index (χ4v) is 1.18. The number of carbonyl (C=O) groups excluding carboxylic acids is 3. The van der Waals surface area contributed by atoms with E-state index in [0.29, 0.717) is 0 Å². The molecule has 1 unspecified atom stereocenters. The number of rotatable bonds is 4. The van der Waals surface area contributed by atoms with Crippen molar-refractivity contribution in [1.82, 2.24) is 0 Å². The Kier molecular flexibility index (Phi) is 5.01. The minimum atomic E-state index is -1.54. The average Bonchev–Trinajstić information content (AvgIpc) is 2.38. The van der Waals surface area contributed by atoms with Crippen LogP contribution in [0.2, 0.25) is 0 Å². The van der Waals surface area contributed by atoms with E-state index < -0.39 is 23.9 Å². The van der Waals surface area contributed by atoms with E-state index in [4.69, 9.17) is 5.73 Å². The highest BCUT2D eigenvalue weighted by Gasteiger charge is 2.27. The molecule has 0 aromatic heterocycles. The third-order valence-electron chi connectivity index (χ3n) is 2.04. The van der Waals surface area contributed by atoms with Crippen molar-refractivity contribution in [2.75, 3.05) is 6.61 Å². The molecule has 0 fully saturated rings. The molecule has 0 amide bonds. The average molecular weight is 251 g/mol. The first kappa shape index (κ1) is 13.9. The smallest absolute Gasteiger partial charge is 0.434 e. The van der Waals surface area contributed by atoms with Crippen LogP contribution in [0.5, 0.6) is 0 Å². The molecule has 0 spiro atoms. The van der Waals surface area contributed by atoms with Crippen LogP contribution in [0.25, 0.3) is 0 Å². The predicted molar refractivity (Wildman–Crippen MR) is 61.9 cm³/mol. The van der Waals surface area contributed by atoms with Gasteiger partial charge >= 0.3 is 12.1 Å². The molecule has 6 nitrogen and oxygen atoms in total. The van der Waals surface area contributed by atoms with E-state index in [9.17, 15) is 14.4 Å². The van der Waals surface area contributed by atoms with Crippen LogP contribution in [0, 0.1) is 0 Å². The van der Waals surface area contributed by atoms with Crippen LogP contribution in [0.15, 0.2) is 30.3 Å². The van der Waals surface area contributed by atoms with Gasteiger partial charge in [-0.1, -0.05) is 30.3 Å². The molecule has 0 radical (unpaired) electrons. The topological polar surface area (TPSA) is 95.7 Å².